The van der Waals surface area contributed by atoms with Crippen LogP contribution in [0.1, 0.15) is 25.0 Å². The van der Waals surface area contributed by atoms with Gasteiger partial charge in [0.25, 0.3) is 0 Å². The fourth-order valence-corrected chi connectivity index (χ4v) is 3.63. The molecule has 0 fully saturated rings. The lowest BCUT2D eigenvalue weighted by Gasteiger charge is -2.41. The minimum Gasteiger partial charge on any atom is -0.351 e. The van der Waals surface area contributed by atoms with Crippen molar-refractivity contribution in [1.82, 2.24) is 0 Å². The Balaban J connectivity index is 1.81. The van der Waals surface area contributed by atoms with E-state index in [0.29, 0.717) is 6.04 Å². The Morgan fingerprint density at radius 2 is 1.54 bits per heavy atom. The van der Waals surface area contributed by atoms with E-state index in [1.54, 1.807) is 0 Å². The second kappa shape index (κ2) is 5.86. The van der Waals surface area contributed by atoms with Gasteiger partial charge in [0.15, 0.2) is 0 Å². The molecule has 0 N–H and O–H groups in total. The van der Waals surface area contributed by atoms with Gasteiger partial charge in [0.2, 0.25) is 0 Å². The molecule has 0 saturated heterocycles. The fraction of sp³-hybridized carbons (Fsp3) is 0.273. The van der Waals surface area contributed by atoms with Gasteiger partial charge < -0.3 is 9.80 Å². The summed E-state index contributed by atoms with van der Waals surface area (Å²) in [6.45, 7) is 8.56. The van der Waals surface area contributed by atoms with E-state index in [0.717, 1.165) is 13.2 Å². The minimum absolute atomic E-state index is 0.476. The van der Waals surface area contributed by atoms with Crippen molar-refractivity contribution in [2.45, 2.75) is 33.4 Å². The van der Waals surface area contributed by atoms with Crippen LogP contribution in [-0.2, 0) is 6.54 Å². The zero-order valence-corrected chi connectivity index (χ0v) is 14.7. The Bertz CT molecular complexity index is 860. The monoisotopic (exact) mass is 316 g/mol. The Kier molecular flexibility index (Phi) is 3.68. The van der Waals surface area contributed by atoms with Crippen LogP contribution < -0.4 is 9.80 Å². The normalized spacial score (nSPS) is 13.8. The third kappa shape index (κ3) is 2.52. The molecule has 0 saturated carbocycles. The topological polar surface area (TPSA) is 6.48 Å². The molecule has 3 aromatic rings. The van der Waals surface area contributed by atoms with Crippen molar-refractivity contribution < 1.29 is 0 Å². The highest BCUT2D eigenvalue weighted by Crippen LogP contribution is 2.40. The maximum absolute atomic E-state index is 2.50. The molecule has 1 aliphatic rings. The van der Waals surface area contributed by atoms with Crippen molar-refractivity contribution in [3.05, 3.63) is 71.8 Å². The van der Waals surface area contributed by atoms with Gasteiger partial charge in [-0.25, -0.2) is 0 Å². The van der Waals surface area contributed by atoms with Crippen molar-refractivity contribution in [3.8, 4) is 0 Å². The third-order valence-electron chi connectivity index (χ3n) is 4.95. The number of anilines is 2. The first-order valence-corrected chi connectivity index (χ1v) is 8.72. The molecular formula is C22H24N2. The highest BCUT2D eigenvalue weighted by atomic mass is 15.3. The van der Waals surface area contributed by atoms with Gasteiger partial charge >= 0.3 is 0 Å². The maximum atomic E-state index is 2.50. The van der Waals surface area contributed by atoms with Gasteiger partial charge in [0.05, 0.1) is 6.67 Å². The Labute approximate surface area is 144 Å². The molecule has 24 heavy (non-hydrogen) atoms. The predicted molar refractivity (Wildman–Crippen MR) is 104 cm³/mol. The second-order valence-corrected chi connectivity index (χ2v) is 7.04. The summed E-state index contributed by atoms with van der Waals surface area (Å²) < 4.78 is 0. The molecule has 0 aromatic heterocycles. The lowest BCUT2D eigenvalue weighted by Crippen LogP contribution is -2.44. The van der Waals surface area contributed by atoms with E-state index in [9.17, 15) is 0 Å². The van der Waals surface area contributed by atoms with Gasteiger partial charge in [0.1, 0.15) is 0 Å². The van der Waals surface area contributed by atoms with E-state index in [1.807, 2.05) is 0 Å². The SMILES string of the molecule is Cc1ccc(CN2CN(C(C)C)c3cccc4cccc2c34)cc1. The molecule has 0 aliphatic carbocycles. The maximum Gasteiger partial charge on any atom is 0.0909 e. The Hall–Kier alpha value is -2.48. The van der Waals surface area contributed by atoms with Crippen LogP contribution in [0.4, 0.5) is 11.4 Å². The number of hydrogen-bond acceptors (Lipinski definition) is 2. The summed E-state index contributed by atoms with van der Waals surface area (Å²) in [5, 5.41) is 2.70. The van der Waals surface area contributed by atoms with Crippen LogP contribution in [0.25, 0.3) is 10.8 Å². The molecule has 0 amide bonds. The summed E-state index contributed by atoms with van der Waals surface area (Å²) in [7, 11) is 0. The summed E-state index contributed by atoms with van der Waals surface area (Å²) in [6.07, 6.45) is 0. The predicted octanol–water partition coefficient (Wildman–Crippen LogP) is 5.34. The number of benzene rings is 3. The number of rotatable bonds is 3. The van der Waals surface area contributed by atoms with E-state index in [-0.39, 0.29) is 0 Å². The Morgan fingerprint density at radius 3 is 2.21 bits per heavy atom. The summed E-state index contributed by atoms with van der Waals surface area (Å²) in [4.78, 5) is 5.00. The molecule has 0 radical (unpaired) electrons. The molecule has 0 spiro atoms. The summed E-state index contributed by atoms with van der Waals surface area (Å²) in [6, 6.07) is 22.7. The van der Waals surface area contributed by atoms with E-state index < -0.39 is 0 Å². The molecule has 0 atom stereocenters. The quantitative estimate of drug-likeness (QED) is 0.643. The van der Waals surface area contributed by atoms with E-state index in [1.165, 1.54) is 33.3 Å². The fourth-order valence-electron chi connectivity index (χ4n) is 3.63. The molecule has 2 nitrogen and oxygen atoms in total. The molecule has 2 heteroatoms. The zero-order chi connectivity index (χ0) is 16.7. The van der Waals surface area contributed by atoms with Gasteiger partial charge in [-0.1, -0.05) is 54.1 Å². The van der Waals surface area contributed by atoms with Crippen LogP contribution in [0.2, 0.25) is 0 Å². The second-order valence-electron chi connectivity index (χ2n) is 7.04. The number of hydrogen-bond donors (Lipinski definition) is 0. The van der Waals surface area contributed by atoms with Crippen molar-refractivity contribution >= 4 is 22.1 Å². The van der Waals surface area contributed by atoms with Crippen LogP contribution >= 0.6 is 0 Å². The lowest BCUT2D eigenvalue weighted by atomic mass is 10.0. The first-order chi connectivity index (χ1) is 11.6. The average molecular weight is 316 g/mol. The van der Waals surface area contributed by atoms with Gasteiger partial charge in [-0.05, 0) is 43.9 Å². The molecule has 1 heterocycles. The van der Waals surface area contributed by atoms with Crippen LogP contribution in [0.5, 0.6) is 0 Å². The van der Waals surface area contributed by atoms with Gasteiger partial charge in [0, 0.05) is 29.3 Å². The Morgan fingerprint density at radius 1 is 0.875 bits per heavy atom. The third-order valence-corrected chi connectivity index (χ3v) is 4.95. The van der Waals surface area contributed by atoms with E-state index >= 15 is 0 Å². The van der Waals surface area contributed by atoms with Crippen molar-refractivity contribution in [2.24, 2.45) is 0 Å². The molecule has 0 unspecified atom stereocenters. The largest absolute Gasteiger partial charge is 0.351 e. The van der Waals surface area contributed by atoms with Crippen molar-refractivity contribution in [1.29, 1.82) is 0 Å². The highest BCUT2D eigenvalue weighted by Gasteiger charge is 2.25. The summed E-state index contributed by atoms with van der Waals surface area (Å²) in [5.74, 6) is 0. The smallest absolute Gasteiger partial charge is 0.0909 e. The summed E-state index contributed by atoms with van der Waals surface area (Å²) in [5.41, 5.74) is 5.38. The van der Waals surface area contributed by atoms with Crippen LogP contribution in [-0.4, -0.2) is 12.7 Å². The summed E-state index contributed by atoms with van der Waals surface area (Å²) >= 11 is 0. The van der Waals surface area contributed by atoms with Gasteiger partial charge in [-0.3, -0.25) is 0 Å². The molecule has 1 aliphatic heterocycles. The average Bonchev–Trinajstić information content (AvgIpc) is 2.59. The first kappa shape index (κ1) is 15.1. The van der Waals surface area contributed by atoms with Gasteiger partial charge in [-0.2, -0.15) is 0 Å². The van der Waals surface area contributed by atoms with Crippen molar-refractivity contribution in [2.75, 3.05) is 16.5 Å². The van der Waals surface area contributed by atoms with E-state index in [4.69, 9.17) is 0 Å². The number of nitrogens with zero attached hydrogens (tertiary/aromatic N) is 2. The molecule has 3 aromatic carbocycles. The van der Waals surface area contributed by atoms with Crippen molar-refractivity contribution in [3.63, 3.8) is 0 Å². The van der Waals surface area contributed by atoms with Crippen LogP contribution in [0.3, 0.4) is 0 Å². The molecular weight excluding hydrogens is 292 g/mol. The first-order valence-electron chi connectivity index (χ1n) is 8.72. The molecule has 122 valence electrons. The molecule has 0 bridgehead atoms. The lowest BCUT2D eigenvalue weighted by molar-refractivity contribution is 0.644. The van der Waals surface area contributed by atoms with Crippen LogP contribution in [0, 0.1) is 6.92 Å². The van der Waals surface area contributed by atoms with Gasteiger partial charge in [-0.15, -0.1) is 0 Å². The van der Waals surface area contributed by atoms with E-state index in [2.05, 4.69) is 91.2 Å². The minimum atomic E-state index is 0.476. The zero-order valence-electron chi connectivity index (χ0n) is 14.7. The van der Waals surface area contributed by atoms with Crippen LogP contribution in [0.15, 0.2) is 60.7 Å². The molecule has 4 rings (SSSR count). The highest BCUT2D eigenvalue weighted by molar-refractivity contribution is 6.05. The number of aryl methyl sites for hydroxylation is 1. The standard InChI is InChI=1S/C22H24N2/c1-16(2)24-15-23(14-18-12-10-17(3)11-13-18)20-8-4-6-19-7-5-9-21(24)22(19)20/h4-13,16H,14-15H2,1-3H3.